The monoisotopic (exact) mass is 368 g/mol. The number of hydrogen-bond donors (Lipinski definition) is 1. The maximum atomic E-state index is 13.1. The third-order valence-corrected chi connectivity index (χ3v) is 4.64. The van der Waals surface area contributed by atoms with E-state index in [2.05, 4.69) is 12.2 Å². The smallest absolute Gasteiger partial charge is 0.257 e. The standard InChI is InChI=1S/C22H28N2O3/c1-5-6-13-24-21(23-18-10-8-7-9-17(18)22(24)25)16-11-12-19(27-15(2)3)20(14-16)26-4/h7-12,14-15,21,23H,5-6,13H2,1-4H3. The molecule has 2 aromatic rings. The van der Waals surface area contributed by atoms with Crippen molar-refractivity contribution in [3.8, 4) is 11.5 Å². The van der Waals surface area contributed by atoms with Gasteiger partial charge in [0, 0.05) is 12.2 Å². The summed E-state index contributed by atoms with van der Waals surface area (Å²) in [5, 5.41) is 3.52. The molecule has 27 heavy (non-hydrogen) atoms. The zero-order valence-electron chi connectivity index (χ0n) is 16.5. The molecule has 1 amide bonds. The van der Waals surface area contributed by atoms with E-state index in [1.54, 1.807) is 7.11 Å². The number of fused-ring (bicyclic) bond motifs is 1. The Balaban J connectivity index is 1.98. The van der Waals surface area contributed by atoms with Gasteiger partial charge in [-0.1, -0.05) is 31.5 Å². The van der Waals surface area contributed by atoms with Crippen LogP contribution in [0.4, 0.5) is 5.69 Å². The van der Waals surface area contributed by atoms with E-state index in [0.717, 1.165) is 29.7 Å². The number of anilines is 1. The van der Waals surface area contributed by atoms with E-state index >= 15 is 0 Å². The Hall–Kier alpha value is -2.69. The summed E-state index contributed by atoms with van der Waals surface area (Å²) in [6, 6.07) is 13.5. The molecule has 1 N–H and O–H groups in total. The van der Waals surface area contributed by atoms with Gasteiger partial charge in [0.2, 0.25) is 0 Å². The number of carbonyl (C=O) groups is 1. The molecule has 0 saturated heterocycles. The van der Waals surface area contributed by atoms with Gasteiger partial charge in [0.15, 0.2) is 11.5 Å². The van der Waals surface area contributed by atoms with Crippen LogP contribution in [0, 0.1) is 0 Å². The zero-order valence-corrected chi connectivity index (χ0v) is 16.5. The number of para-hydroxylation sites is 1. The van der Waals surface area contributed by atoms with Crippen LogP contribution in [-0.2, 0) is 0 Å². The summed E-state index contributed by atoms with van der Waals surface area (Å²) in [7, 11) is 1.63. The Morgan fingerprint density at radius 1 is 1.15 bits per heavy atom. The first-order valence-electron chi connectivity index (χ1n) is 9.56. The highest BCUT2D eigenvalue weighted by molar-refractivity contribution is 6.01. The summed E-state index contributed by atoms with van der Waals surface area (Å²) in [4.78, 5) is 15.0. The number of carbonyl (C=O) groups excluding carboxylic acids is 1. The summed E-state index contributed by atoms with van der Waals surface area (Å²) in [5.74, 6) is 1.44. The Kier molecular flexibility index (Phi) is 5.89. The average Bonchev–Trinajstić information content (AvgIpc) is 2.67. The first-order valence-corrected chi connectivity index (χ1v) is 9.56. The van der Waals surface area contributed by atoms with Crippen LogP contribution in [0.5, 0.6) is 11.5 Å². The molecule has 144 valence electrons. The molecule has 0 spiro atoms. The van der Waals surface area contributed by atoms with Crippen molar-refractivity contribution in [2.45, 2.75) is 45.9 Å². The molecule has 5 nitrogen and oxygen atoms in total. The van der Waals surface area contributed by atoms with Crippen LogP contribution in [-0.4, -0.2) is 30.6 Å². The SMILES string of the molecule is CCCCN1C(=O)c2ccccc2NC1c1ccc(OC(C)C)c(OC)c1. The second kappa shape index (κ2) is 8.33. The van der Waals surface area contributed by atoms with Gasteiger partial charge in [0.05, 0.1) is 18.8 Å². The summed E-state index contributed by atoms with van der Waals surface area (Å²) in [6.07, 6.45) is 1.81. The summed E-state index contributed by atoms with van der Waals surface area (Å²) >= 11 is 0. The number of hydrogen-bond acceptors (Lipinski definition) is 4. The molecule has 1 aliphatic rings. The number of methoxy groups -OCH3 is 1. The van der Waals surface area contributed by atoms with E-state index < -0.39 is 0 Å². The van der Waals surface area contributed by atoms with Crippen molar-refractivity contribution < 1.29 is 14.3 Å². The average molecular weight is 368 g/mol. The van der Waals surface area contributed by atoms with Crippen LogP contribution < -0.4 is 14.8 Å². The Bertz CT molecular complexity index is 804. The lowest BCUT2D eigenvalue weighted by Crippen LogP contribution is -2.43. The van der Waals surface area contributed by atoms with Crippen LogP contribution in [0.3, 0.4) is 0 Å². The van der Waals surface area contributed by atoms with Gasteiger partial charge in [-0.3, -0.25) is 4.79 Å². The molecule has 1 atom stereocenters. The molecule has 0 fully saturated rings. The van der Waals surface area contributed by atoms with Gasteiger partial charge >= 0.3 is 0 Å². The lowest BCUT2D eigenvalue weighted by Gasteiger charge is -2.38. The number of nitrogens with zero attached hydrogens (tertiary/aromatic N) is 1. The number of ether oxygens (including phenoxy) is 2. The number of unbranched alkanes of at least 4 members (excludes halogenated alkanes) is 1. The predicted molar refractivity (Wildman–Crippen MR) is 108 cm³/mol. The molecule has 5 heteroatoms. The Morgan fingerprint density at radius 3 is 2.63 bits per heavy atom. The van der Waals surface area contributed by atoms with Crippen molar-refractivity contribution in [1.82, 2.24) is 4.90 Å². The lowest BCUT2D eigenvalue weighted by atomic mass is 10.0. The summed E-state index contributed by atoms with van der Waals surface area (Å²) in [6.45, 7) is 6.80. The minimum atomic E-state index is -0.235. The third kappa shape index (κ3) is 4.02. The fourth-order valence-electron chi connectivity index (χ4n) is 3.32. The molecular weight excluding hydrogens is 340 g/mol. The van der Waals surface area contributed by atoms with Gasteiger partial charge in [0.1, 0.15) is 6.17 Å². The highest BCUT2D eigenvalue weighted by Gasteiger charge is 2.32. The van der Waals surface area contributed by atoms with Crippen molar-refractivity contribution >= 4 is 11.6 Å². The zero-order chi connectivity index (χ0) is 19.4. The van der Waals surface area contributed by atoms with Crippen LogP contribution in [0.2, 0.25) is 0 Å². The molecule has 0 aromatic heterocycles. The minimum Gasteiger partial charge on any atom is -0.493 e. The minimum absolute atomic E-state index is 0.0595. The second-order valence-corrected chi connectivity index (χ2v) is 7.02. The maximum Gasteiger partial charge on any atom is 0.257 e. The third-order valence-electron chi connectivity index (χ3n) is 4.64. The van der Waals surface area contributed by atoms with E-state index in [9.17, 15) is 4.79 Å². The van der Waals surface area contributed by atoms with E-state index in [1.165, 1.54) is 0 Å². The van der Waals surface area contributed by atoms with E-state index in [4.69, 9.17) is 9.47 Å². The van der Waals surface area contributed by atoms with Crippen molar-refractivity contribution in [2.24, 2.45) is 0 Å². The molecule has 1 unspecified atom stereocenters. The van der Waals surface area contributed by atoms with Crippen LogP contribution >= 0.6 is 0 Å². The topological polar surface area (TPSA) is 50.8 Å². The van der Waals surface area contributed by atoms with Crippen molar-refractivity contribution in [1.29, 1.82) is 0 Å². The fourth-order valence-corrected chi connectivity index (χ4v) is 3.32. The molecule has 0 radical (unpaired) electrons. The van der Waals surface area contributed by atoms with Crippen molar-refractivity contribution in [2.75, 3.05) is 19.0 Å². The van der Waals surface area contributed by atoms with Crippen LogP contribution in [0.15, 0.2) is 42.5 Å². The van der Waals surface area contributed by atoms with Crippen molar-refractivity contribution in [3.63, 3.8) is 0 Å². The normalized spacial score (nSPS) is 16.1. The molecule has 0 bridgehead atoms. The van der Waals surface area contributed by atoms with E-state index in [0.29, 0.717) is 18.0 Å². The largest absolute Gasteiger partial charge is 0.493 e. The van der Waals surface area contributed by atoms with Gasteiger partial charge in [-0.25, -0.2) is 0 Å². The Labute approximate surface area is 161 Å². The lowest BCUT2D eigenvalue weighted by molar-refractivity contribution is 0.0680. The molecule has 0 saturated carbocycles. The quantitative estimate of drug-likeness (QED) is 0.759. The fraction of sp³-hybridized carbons (Fsp3) is 0.409. The van der Waals surface area contributed by atoms with Gasteiger partial charge in [-0.05, 0) is 50.1 Å². The number of nitrogens with one attached hydrogen (secondary N) is 1. The van der Waals surface area contributed by atoms with Gasteiger partial charge in [-0.15, -0.1) is 0 Å². The second-order valence-electron chi connectivity index (χ2n) is 7.02. The van der Waals surface area contributed by atoms with E-state index in [1.807, 2.05) is 61.2 Å². The first-order chi connectivity index (χ1) is 13.0. The summed E-state index contributed by atoms with van der Waals surface area (Å²) in [5.41, 5.74) is 2.56. The highest BCUT2D eigenvalue weighted by Crippen LogP contribution is 2.37. The molecule has 0 aliphatic carbocycles. The number of benzene rings is 2. The molecule has 3 rings (SSSR count). The van der Waals surface area contributed by atoms with Crippen molar-refractivity contribution in [3.05, 3.63) is 53.6 Å². The molecule has 1 heterocycles. The number of rotatable bonds is 7. The van der Waals surface area contributed by atoms with E-state index in [-0.39, 0.29) is 18.2 Å². The molecule has 2 aromatic carbocycles. The molecule has 1 aliphatic heterocycles. The number of amides is 1. The van der Waals surface area contributed by atoms with Gasteiger partial charge in [0.25, 0.3) is 5.91 Å². The molecular formula is C22H28N2O3. The van der Waals surface area contributed by atoms with Gasteiger partial charge in [-0.2, -0.15) is 0 Å². The summed E-state index contributed by atoms with van der Waals surface area (Å²) < 4.78 is 11.4. The van der Waals surface area contributed by atoms with Crippen LogP contribution in [0.1, 0.15) is 55.7 Å². The van der Waals surface area contributed by atoms with Crippen LogP contribution in [0.25, 0.3) is 0 Å². The Morgan fingerprint density at radius 2 is 1.93 bits per heavy atom. The van der Waals surface area contributed by atoms with Gasteiger partial charge < -0.3 is 19.7 Å². The predicted octanol–water partition coefficient (Wildman–Crippen LogP) is 4.85. The maximum absolute atomic E-state index is 13.1. The first kappa shape index (κ1) is 19.1. The highest BCUT2D eigenvalue weighted by atomic mass is 16.5.